The number of alkyl halides is 2. The van der Waals surface area contributed by atoms with Gasteiger partial charge in [-0.05, 0) is 48.7 Å². The number of fused-ring (bicyclic) bond motifs is 1. The maximum absolute atomic E-state index is 14.3. The zero-order valence-corrected chi connectivity index (χ0v) is 17.4. The first-order chi connectivity index (χ1) is 14.7. The van der Waals surface area contributed by atoms with Crippen molar-refractivity contribution < 1.29 is 23.4 Å². The molecule has 0 radical (unpaired) electrons. The van der Waals surface area contributed by atoms with Crippen molar-refractivity contribution in [1.29, 1.82) is 0 Å². The van der Waals surface area contributed by atoms with Gasteiger partial charge in [-0.25, -0.2) is 13.6 Å². The molecule has 5 rings (SSSR count). The van der Waals surface area contributed by atoms with E-state index in [2.05, 4.69) is 9.88 Å². The zero-order valence-electron chi connectivity index (χ0n) is 17.4. The van der Waals surface area contributed by atoms with Crippen molar-refractivity contribution >= 4 is 16.9 Å². The smallest absolute Gasteiger partial charge is 0.335 e. The minimum absolute atomic E-state index is 0.0925. The van der Waals surface area contributed by atoms with Gasteiger partial charge in [0, 0.05) is 48.2 Å². The molecule has 1 saturated carbocycles. The first-order valence-electron chi connectivity index (χ1n) is 10.3. The molecule has 2 aromatic carbocycles. The summed E-state index contributed by atoms with van der Waals surface area (Å²) in [7, 11) is 1.62. The van der Waals surface area contributed by atoms with E-state index in [1.165, 1.54) is 0 Å². The number of likely N-dealkylation sites (tertiary alicyclic amines) is 1. The van der Waals surface area contributed by atoms with Gasteiger partial charge in [0.05, 0.1) is 18.1 Å². The fraction of sp³-hybridized carbons (Fsp3) is 0.375. The van der Waals surface area contributed by atoms with Gasteiger partial charge in [0.1, 0.15) is 5.75 Å². The fourth-order valence-corrected chi connectivity index (χ4v) is 5.16. The van der Waals surface area contributed by atoms with Crippen LogP contribution < -0.4 is 4.74 Å². The largest absolute Gasteiger partial charge is 0.496 e. The lowest BCUT2D eigenvalue weighted by Crippen LogP contribution is -2.25. The number of methoxy groups -OCH3 is 1. The Hall–Kier alpha value is -2.93. The molecular formula is C24H24F2N2O3. The summed E-state index contributed by atoms with van der Waals surface area (Å²) in [6.07, 6.45) is 2.14. The quantitative estimate of drug-likeness (QED) is 0.592. The summed E-state index contributed by atoms with van der Waals surface area (Å²) in [4.78, 5) is 16.6. The third kappa shape index (κ3) is 3.10. The third-order valence-electron chi connectivity index (χ3n) is 6.98. The molecule has 5 nitrogen and oxygen atoms in total. The van der Waals surface area contributed by atoms with Gasteiger partial charge in [-0.2, -0.15) is 0 Å². The molecule has 2 N–H and O–H groups in total. The van der Waals surface area contributed by atoms with Crippen LogP contribution in [0.15, 0.2) is 42.6 Å². The van der Waals surface area contributed by atoms with E-state index in [0.717, 1.165) is 33.3 Å². The zero-order chi connectivity index (χ0) is 22.0. The molecule has 1 spiro atoms. The highest BCUT2D eigenvalue weighted by Crippen LogP contribution is 2.68. The van der Waals surface area contributed by atoms with Gasteiger partial charge in [0.2, 0.25) is 0 Å². The van der Waals surface area contributed by atoms with Gasteiger partial charge in [0.25, 0.3) is 5.92 Å². The van der Waals surface area contributed by atoms with Crippen LogP contribution in [0.25, 0.3) is 10.9 Å². The number of H-pyrrole nitrogens is 1. The number of benzene rings is 2. The molecule has 2 atom stereocenters. The van der Waals surface area contributed by atoms with Crippen LogP contribution >= 0.6 is 0 Å². The number of carboxylic acids is 1. The van der Waals surface area contributed by atoms with Gasteiger partial charge in [-0.1, -0.05) is 12.1 Å². The van der Waals surface area contributed by atoms with E-state index in [4.69, 9.17) is 4.74 Å². The first kappa shape index (κ1) is 20.0. The number of ether oxygens (including phenoxy) is 1. The van der Waals surface area contributed by atoms with E-state index in [0.29, 0.717) is 19.5 Å². The maximum atomic E-state index is 14.3. The van der Waals surface area contributed by atoms with Crippen molar-refractivity contribution in [3.8, 4) is 5.75 Å². The minimum Gasteiger partial charge on any atom is -0.496 e. The molecule has 1 aliphatic heterocycles. The highest BCUT2D eigenvalue weighted by atomic mass is 19.3. The Balaban J connectivity index is 1.54. The van der Waals surface area contributed by atoms with Crippen molar-refractivity contribution in [3.05, 3.63) is 64.8 Å². The number of aromatic carboxylic acids is 1. The lowest BCUT2D eigenvalue weighted by molar-refractivity contribution is 0.0658. The Labute approximate surface area is 178 Å². The van der Waals surface area contributed by atoms with E-state index in [1.807, 2.05) is 25.3 Å². The molecule has 7 heteroatoms. The molecule has 31 heavy (non-hydrogen) atoms. The van der Waals surface area contributed by atoms with Gasteiger partial charge in [0.15, 0.2) is 0 Å². The molecule has 0 amide bonds. The number of nitrogens with zero attached hydrogens (tertiary/aromatic N) is 1. The third-order valence-corrected chi connectivity index (χ3v) is 6.98. The molecule has 2 aliphatic rings. The standard InChI is InChI=1S/C24H24F2N2O3/c1-14-9-20(31-2)18(17-7-8-27-21(14)17)11-28-13-23(12-24(23,25)26)10-19(28)15-3-5-16(6-4-15)22(29)30/h3-9,19,27H,10-13H2,1-2H3,(H,29,30). The van der Waals surface area contributed by atoms with Crippen molar-refractivity contribution in [2.45, 2.75) is 38.3 Å². The number of aryl methyl sites for hydroxylation is 1. The monoisotopic (exact) mass is 426 g/mol. The number of aromatic amines is 1. The summed E-state index contributed by atoms with van der Waals surface area (Å²) in [5.74, 6) is -2.91. The SMILES string of the molecule is COc1cc(C)c2[nH]ccc2c1CN1CC2(CC1c1ccc(C(=O)O)cc1)CC2(F)F. The predicted molar refractivity (Wildman–Crippen MR) is 113 cm³/mol. The number of carboxylic acid groups (broad SMARTS) is 1. The number of nitrogens with one attached hydrogen (secondary N) is 1. The number of rotatable bonds is 5. The van der Waals surface area contributed by atoms with E-state index >= 15 is 0 Å². The van der Waals surface area contributed by atoms with Crippen LogP contribution in [0.4, 0.5) is 8.78 Å². The van der Waals surface area contributed by atoms with Crippen molar-refractivity contribution in [2.24, 2.45) is 5.41 Å². The summed E-state index contributed by atoms with van der Waals surface area (Å²) < 4.78 is 34.3. The van der Waals surface area contributed by atoms with Crippen LogP contribution in [-0.2, 0) is 6.54 Å². The average molecular weight is 426 g/mol. The van der Waals surface area contributed by atoms with Crippen molar-refractivity contribution in [3.63, 3.8) is 0 Å². The van der Waals surface area contributed by atoms with Crippen LogP contribution in [-0.4, -0.2) is 40.5 Å². The lowest BCUT2D eigenvalue weighted by Gasteiger charge is -2.26. The normalized spacial score (nSPS) is 24.7. The van der Waals surface area contributed by atoms with E-state index in [9.17, 15) is 18.7 Å². The Morgan fingerprint density at radius 2 is 2.00 bits per heavy atom. The molecule has 162 valence electrons. The Kier molecular flexibility index (Phi) is 4.38. The topological polar surface area (TPSA) is 65.6 Å². The van der Waals surface area contributed by atoms with Crippen LogP contribution in [0, 0.1) is 12.3 Å². The van der Waals surface area contributed by atoms with Crippen LogP contribution in [0.2, 0.25) is 0 Å². The van der Waals surface area contributed by atoms with Gasteiger partial charge in [-0.15, -0.1) is 0 Å². The highest BCUT2D eigenvalue weighted by molar-refractivity contribution is 5.88. The van der Waals surface area contributed by atoms with Crippen molar-refractivity contribution in [1.82, 2.24) is 9.88 Å². The second-order valence-corrected chi connectivity index (χ2v) is 8.85. The first-order valence-corrected chi connectivity index (χ1v) is 10.3. The molecule has 2 unspecified atom stereocenters. The average Bonchev–Trinajstić information content (AvgIpc) is 3.13. The predicted octanol–water partition coefficient (Wildman–Crippen LogP) is 5.16. The van der Waals surface area contributed by atoms with E-state index < -0.39 is 17.3 Å². The number of halogens is 2. The van der Waals surface area contributed by atoms with E-state index in [-0.39, 0.29) is 18.0 Å². The van der Waals surface area contributed by atoms with Gasteiger partial charge < -0.3 is 14.8 Å². The molecule has 0 bridgehead atoms. The number of hydrogen-bond donors (Lipinski definition) is 2. The highest BCUT2D eigenvalue weighted by Gasteiger charge is 2.74. The fourth-order valence-electron chi connectivity index (χ4n) is 5.16. The maximum Gasteiger partial charge on any atom is 0.335 e. The van der Waals surface area contributed by atoms with Gasteiger partial charge in [-0.3, -0.25) is 4.90 Å². The van der Waals surface area contributed by atoms with Crippen LogP contribution in [0.1, 0.15) is 45.9 Å². The molecule has 1 saturated heterocycles. The molecule has 1 aliphatic carbocycles. The van der Waals surface area contributed by atoms with Crippen molar-refractivity contribution in [2.75, 3.05) is 13.7 Å². The Bertz CT molecular complexity index is 1170. The second-order valence-electron chi connectivity index (χ2n) is 8.85. The molecule has 1 aromatic heterocycles. The Morgan fingerprint density at radius 1 is 1.29 bits per heavy atom. The molecular weight excluding hydrogens is 402 g/mol. The summed E-state index contributed by atoms with van der Waals surface area (Å²) in [6.45, 7) is 2.78. The summed E-state index contributed by atoms with van der Waals surface area (Å²) in [6, 6.07) is 10.3. The summed E-state index contributed by atoms with van der Waals surface area (Å²) in [5.41, 5.74) is 3.10. The Morgan fingerprint density at radius 3 is 2.61 bits per heavy atom. The van der Waals surface area contributed by atoms with Crippen LogP contribution in [0.3, 0.4) is 0 Å². The summed E-state index contributed by atoms with van der Waals surface area (Å²) in [5, 5.41) is 10.2. The molecule has 3 aromatic rings. The number of carbonyl (C=O) groups is 1. The minimum atomic E-state index is -2.65. The number of hydrogen-bond acceptors (Lipinski definition) is 3. The van der Waals surface area contributed by atoms with Crippen LogP contribution in [0.5, 0.6) is 5.75 Å². The second kappa shape index (κ2) is 6.79. The van der Waals surface area contributed by atoms with Gasteiger partial charge >= 0.3 is 5.97 Å². The van der Waals surface area contributed by atoms with E-state index in [1.54, 1.807) is 31.4 Å². The molecule has 2 heterocycles. The molecule has 2 fully saturated rings. The number of aromatic nitrogens is 1. The lowest BCUT2D eigenvalue weighted by atomic mass is 9.96. The summed E-state index contributed by atoms with van der Waals surface area (Å²) >= 11 is 0.